The molecule has 25 heavy (non-hydrogen) atoms. The molecule has 4 nitrogen and oxygen atoms in total. The molecule has 1 fully saturated rings. The van der Waals surface area contributed by atoms with Crippen molar-refractivity contribution in [3.05, 3.63) is 59.7 Å². The molecule has 1 aromatic carbocycles. The van der Waals surface area contributed by atoms with Gasteiger partial charge >= 0.3 is 0 Å². The van der Waals surface area contributed by atoms with Gasteiger partial charge in [-0.25, -0.2) is 0 Å². The van der Waals surface area contributed by atoms with Gasteiger partial charge in [0.15, 0.2) is 6.29 Å². The molecule has 1 N–H and O–H groups in total. The van der Waals surface area contributed by atoms with Crippen LogP contribution in [0.5, 0.6) is 0 Å². The van der Waals surface area contributed by atoms with E-state index in [1.807, 2.05) is 55.5 Å². The number of ether oxygens (including phenoxy) is 3. The second-order valence-electron chi connectivity index (χ2n) is 6.37. The fourth-order valence-corrected chi connectivity index (χ4v) is 2.56. The molecule has 1 saturated heterocycles. The van der Waals surface area contributed by atoms with Crippen LogP contribution in [0.3, 0.4) is 0 Å². The first kappa shape index (κ1) is 19.9. The number of allylic oxidation sites excluding steroid dienone is 2. The van der Waals surface area contributed by atoms with Crippen molar-refractivity contribution in [2.75, 3.05) is 19.8 Å². The topological polar surface area (TPSA) is 47.9 Å². The molecular formula is C21H30O4. The molecule has 2 rings (SSSR count). The van der Waals surface area contributed by atoms with Crippen molar-refractivity contribution in [2.45, 2.75) is 51.6 Å². The van der Waals surface area contributed by atoms with Crippen molar-refractivity contribution in [3.63, 3.8) is 0 Å². The Balaban J connectivity index is 1.56. The molecule has 2 atom stereocenters. The summed E-state index contributed by atoms with van der Waals surface area (Å²) in [4.78, 5) is 0. The zero-order valence-electron chi connectivity index (χ0n) is 15.1. The van der Waals surface area contributed by atoms with Crippen molar-refractivity contribution in [2.24, 2.45) is 0 Å². The summed E-state index contributed by atoms with van der Waals surface area (Å²) in [6.45, 7) is 4.26. The number of hydrogen-bond donors (Lipinski definition) is 1. The lowest BCUT2D eigenvalue weighted by Crippen LogP contribution is -2.22. The standard InChI is InChI=1S/C21H30O4/c1-18(13-15-25-21-12-5-6-14-24-21)8-7-11-20(22)17-23-16-19-9-3-2-4-10-19/h2-4,7-10,13,20-22H,5-6,11-12,14-17H2,1H3/b8-7-,18-13+. The molecule has 0 saturated carbocycles. The molecule has 1 aromatic rings. The maximum Gasteiger partial charge on any atom is 0.157 e. The highest BCUT2D eigenvalue weighted by molar-refractivity contribution is 5.16. The average molecular weight is 346 g/mol. The van der Waals surface area contributed by atoms with Crippen LogP contribution in [-0.2, 0) is 20.8 Å². The quantitative estimate of drug-likeness (QED) is 0.651. The van der Waals surface area contributed by atoms with Crippen molar-refractivity contribution < 1.29 is 19.3 Å². The van der Waals surface area contributed by atoms with E-state index in [1.54, 1.807) is 0 Å². The number of hydrogen-bond acceptors (Lipinski definition) is 4. The van der Waals surface area contributed by atoms with E-state index in [1.165, 1.54) is 6.42 Å². The SMILES string of the molecule is CC(/C=C\CC(O)COCc1ccccc1)=C\COC1CCCCO1. The smallest absolute Gasteiger partial charge is 0.157 e. The van der Waals surface area contributed by atoms with E-state index >= 15 is 0 Å². The maximum atomic E-state index is 9.95. The van der Waals surface area contributed by atoms with Gasteiger partial charge in [-0.2, -0.15) is 0 Å². The summed E-state index contributed by atoms with van der Waals surface area (Å²) in [6, 6.07) is 9.97. The molecule has 0 aliphatic carbocycles. The molecule has 4 heteroatoms. The minimum absolute atomic E-state index is 0.0506. The molecule has 2 unspecified atom stereocenters. The second kappa shape index (κ2) is 12.0. The molecule has 1 aliphatic heterocycles. The Labute approximate surface area is 151 Å². The number of aliphatic hydroxyl groups is 1. The summed E-state index contributed by atoms with van der Waals surface area (Å²) in [5.74, 6) is 0. The zero-order chi connectivity index (χ0) is 17.7. The Kier molecular flexibility index (Phi) is 9.52. The molecule has 1 aliphatic rings. The van der Waals surface area contributed by atoms with Crippen LogP contribution in [0.4, 0.5) is 0 Å². The van der Waals surface area contributed by atoms with E-state index in [4.69, 9.17) is 14.2 Å². The van der Waals surface area contributed by atoms with Crippen molar-refractivity contribution in [1.29, 1.82) is 0 Å². The molecule has 0 radical (unpaired) electrons. The van der Waals surface area contributed by atoms with E-state index in [-0.39, 0.29) is 6.29 Å². The van der Waals surface area contributed by atoms with Crippen molar-refractivity contribution >= 4 is 0 Å². The maximum absolute atomic E-state index is 9.95. The van der Waals surface area contributed by atoms with Gasteiger partial charge in [-0.3, -0.25) is 0 Å². The van der Waals surface area contributed by atoms with E-state index in [9.17, 15) is 5.11 Å². The number of benzene rings is 1. The summed E-state index contributed by atoms with van der Waals surface area (Å²) in [6.07, 6.45) is 9.35. The van der Waals surface area contributed by atoms with E-state index in [0.717, 1.165) is 30.6 Å². The third-order valence-corrected chi connectivity index (χ3v) is 4.04. The Morgan fingerprint density at radius 3 is 2.92 bits per heavy atom. The first-order valence-corrected chi connectivity index (χ1v) is 9.10. The molecule has 1 heterocycles. The molecule has 138 valence electrons. The van der Waals surface area contributed by atoms with Crippen LogP contribution in [-0.4, -0.2) is 37.3 Å². The lowest BCUT2D eigenvalue weighted by Gasteiger charge is -2.22. The monoisotopic (exact) mass is 346 g/mol. The Hall–Kier alpha value is -1.46. The third-order valence-electron chi connectivity index (χ3n) is 4.04. The first-order valence-electron chi connectivity index (χ1n) is 9.10. The zero-order valence-corrected chi connectivity index (χ0v) is 15.1. The predicted molar refractivity (Wildman–Crippen MR) is 99.2 cm³/mol. The van der Waals surface area contributed by atoms with Crippen LogP contribution >= 0.6 is 0 Å². The van der Waals surface area contributed by atoms with Gasteiger partial charge in [0.1, 0.15) is 0 Å². The van der Waals surface area contributed by atoms with Gasteiger partial charge in [-0.05, 0) is 38.2 Å². The minimum atomic E-state index is -0.486. The van der Waals surface area contributed by atoms with Crippen LogP contribution in [0, 0.1) is 0 Å². The lowest BCUT2D eigenvalue weighted by molar-refractivity contribution is -0.155. The third kappa shape index (κ3) is 8.98. The van der Waals surface area contributed by atoms with Gasteiger partial charge in [0, 0.05) is 6.61 Å². The number of rotatable bonds is 10. The predicted octanol–water partition coefficient (Wildman–Crippen LogP) is 4.00. The summed E-state index contributed by atoms with van der Waals surface area (Å²) in [7, 11) is 0. The van der Waals surface area contributed by atoms with Crippen LogP contribution in [0.25, 0.3) is 0 Å². The minimum Gasteiger partial charge on any atom is -0.390 e. The van der Waals surface area contributed by atoms with Gasteiger partial charge in [-0.15, -0.1) is 0 Å². The highest BCUT2D eigenvalue weighted by atomic mass is 16.7. The Bertz CT molecular complexity index is 518. The van der Waals surface area contributed by atoms with E-state index in [0.29, 0.717) is 26.2 Å². The van der Waals surface area contributed by atoms with Gasteiger partial charge < -0.3 is 19.3 Å². The number of aliphatic hydroxyl groups excluding tert-OH is 1. The average Bonchev–Trinajstić information content (AvgIpc) is 2.63. The summed E-state index contributed by atoms with van der Waals surface area (Å²) in [5, 5.41) is 9.95. The fourth-order valence-electron chi connectivity index (χ4n) is 2.56. The van der Waals surface area contributed by atoms with Crippen molar-refractivity contribution in [1.82, 2.24) is 0 Å². The second-order valence-corrected chi connectivity index (χ2v) is 6.37. The lowest BCUT2D eigenvalue weighted by atomic mass is 10.2. The van der Waals surface area contributed by atoms with E-state index in [2.05, 4.69) is 0 Å². The largest absolute Gasteiger partial charge is 0.390 e. The van der Waals surface area contributed by atoms with Crippen LogP contribution < -0.4 is 0 Å². The normalized spacial score (nSPS) is 20.1. The highest BCUT2D eigenvalue weighted by Crippen LogP contribution is 2.13. The van der Waals surface area contributed by atoms with Crippen molar-refractivity contribution in [3.8, 4) is 0 Å². The molecule has 0 amide bonds. The summed E-state index contributed by atoms with van der Waals surface area (Å²) in [5.41, 5.74) is 2.24. The molecule has 0 aromatic heterocycles. The van der Waals surface area contributed by atoms with Crippen LogP contribution in [0.1, 0.15) is 38.2 Å². The molecule has 0 spiro atoms. The fraction of sp³-hybridized carbons (Fsp3) is 0.524. The Morgan fingerprint density at radius 1 is 1.32 bits per heavy atom. The summed E-state index contributed by atoms with van der Waals surface area (Å²) >= 11 is 0. The highest BCUT2D eigenvalue weighted by Gasteiger charge is 2.12. The first-order chi connectivity index (χ1) is 12.2. The summed E-state index contributed by atoms with van der Waals surface area (Å²) < 4.78 is 16.7. The molecule has 0 bridgehead atoms. The van der Waals surface area contributed by atoms with E-state index < -0.39 is 6.10 Å². The van der Waals surface area contributed by atoms with Gasteiger partial charge in [-0.1, -0.05) is 54.1 Å². The van der Waals surface area contributed by atoms with Gasteiger partial charge in [0.25, 0.3) is 0 Å². The van der Waals surface area contributed by atoms with Crippen LogP contribution in [0.15, 0.2) is 54.1 Å². The Morgan fingerprint density at radius 2 is 2.16 bits per heavy atom. The van der Waals surface area contributed by atoms with Crippen LogP contribution in [0.2, 0.25) is 0 Å². The van der Waals surface area contributed by atoms with Gasteiger partial charge in [0.05, 0.1) is 25.9 Å². The molecular weight excluding hydrogens is 316 g/mol. The van der Waals surface area contributed by atoms with Gasteiger partial charge in [0.2, 0.25) is 0 Å².